The van der Waals surface area contributed by atoms with E-state index in [0.717, 1.165) is 19.5 Å². The molecule has 1 aliphatic rings. The molecule has 0 saturated carbocycles. The molecule has 1 aromatic heterocycles. The van der Waals surface area contributed by atoms with Crippen molar-refractivity contribution in [1.29, 1.82) is 0 Å². The summed E-state index contributed by atoms with van der Waals surface area (Å²) in [6.45, 7) is 4.15. The first-order chi connectivity index (χ1) is 7.20. The molecule has 1 atom stereocenters. The number of likely N-dealkylation sites (tertiary alicyclic amines) is 1. The number of hydrogen-bond donors (Lipinski definition) is 1. The first kappa shape index (κ1) is 10.2. The number of amides is 1. The third kappa shape index (κ3) is 2.04. The molecule has 0 aromatic carbocycles. The van der Waals surface area contributed by atoms with Gasteiger partial charge in [0.1, 0.15) is 5.76 Å². The highest BCUT2D eigenvalue weighted by Crippen LogP contribution is 2.18. The second-order valence-corrected chi connectivity index (χ2v) is 4.12. The van der Waals surface area contributed by atoms with Crippen molar-refractivity contribution in [3.05, 3.63) is 23.7 Å². The molecule has 1 aliphatic heterocycles. The molecule has 1 fully saturated rings. The van der Waals surface area contributed by atoms with Crippen molar-refractivity contribution in [3.63, 3.8) is 0 Å². The lowest BCUT2D eigenvalue weighted by molar-refractivity contribution is 0.0754. The van der Waals surface area contributed by atoms with Crippen molar-refractivity contribution in [3.8, 4) is 0 Å². The van der Waals surface area contributed by atoms with Gasteiger partial charge in [0.2, 0.25) is 0 Å². The van der Waals surface area contributed by atoms with Crippen LogP contribution < -0.4 is 5.73 Å². The predicted octanol–water partition coefficient (Wildman–Crippen LogP) is 1.22. The molecule has 0 spiro atoms. The molecule has 4 heteroatoms. The molecule has 2 rings (SSSR count). The Morgan fingerprint density at radius 1 is 1.67 bits per heavy atom. The van der Waals surface area contributed by atoms with Crippen LogP contribution in [0, 0.1) is 5.92 Å². The summed E-state index contributed by atoms with van der Waals surface area (Å²) in [5.41, 5.74) is 5.42. The summed E-state index contributed by atoms with van der Waals surface area (Å²) in [6, 6.07) is 3.46. The highest BCUT2D eigenvalue weighted by atomic mass is 16.4. The summed E-state index contributed by atoms with van der Waals surface area (Å²) in [5, 5.41) is 0. The zero-order valence-corrected chi connectivity index (χ0v) is 8.90. The van der Waals surface area contributed by atoms with Crippen LogP contribution in [0.25, 0.3) is 0 Å². The molecule has 0 aliphatic carbocycles. The van der Waals surface area contributed by atoms with E-state index < -0.39 is 0 Å². The molecule has 2 heterocycles. The maximum absolute atomic E-state index is 11.9. The van der Waals surface area contributed by atoms with E-state index in [0.29, 0.717) is 24.0 Å². The maximum atomic E-state index is 11.9. The van der Waals surface area contributed by atoms with E-state index in [-0.39, 0.29) is 5.91 Å². The number of nitrogens with two attached hydrogens (primary N) is 1. The Labute approximate surface area is 89.0 Å². The first-order valence-electron chi connectivity index (χ1n) is 5.28. The van der Waals surface area contributed by atoms with Crippen molar-refractivity contribution < 1.29 is 9.21 Å². The van der Waals surface area contributed by atoms with Crippen molar-refractivity contribution in [2.75, 3.05) is 13.1 Å². The van der Waals surface area contributed by atoms with Gasteiger partial charge in [0.15, 0.2) is 5.76 Å². The minimum Gasteiger partial charge on any atom is -0.455 e. The van der Waals surface area contributed by atoms with E-state index in [4.69, 9.17) is 10.2 Å². The zero-order chi connectivity index (χ0) is 10.8. The van der Waals surface area contributed by atoms with Gasteiger partial charge >= 0.3 is 0 Å². The van der Waals surface area contributed by atoms with Crippen molar-refractivity contribution in [2.45, 2.75) is 19.9 Å². The van der Waals surface area contributed by atoms with Crippen LogP contribution in [0.1, 0.15) is 29.7 Å². The molecule has 0 radical (unpaired) electrons. The number of rotatable bonds is 2. The highest BCUT2D eigenvalue weighted by molar-refractivity contribution is 5.91. The fourth-order valence-electron chi connectivity index (χ4n) is 1.88. The van der Waals surface area contributed by atoms with Gasteiger partial charge in [-0.15, -0.1) is 0 Å². The summed E-state index contributed by atoms with van der Waals surface area (Å²) in [7, 11) is 0. The molecule has 1 saturated heterocycles. The van der Waals surface area contributed by atoms with Crippen molar-refractivity contribution in [1.82, 2.24) is 4.90 Å². The summed E-state index contributed by atoms with van der Waals surface area (Å²) in [6.07, 6.45) is 1.08. The van der Waals surface area contributed by atoms with Gasteiger partial charge in [0.05, 0.1) is 6.54 Å². The first-order valence-corrected chi connectivity index (χ1v) is 5.28. The van der Waals surface area contributed by atoms with Gasteiger partial charge in [-0.2, -0.15) is 0 Å². The molecule has 4 nitrogen and oxygen atoms in total. The van der Waals surface area contributed by atoms with Crippen LogP contribution >= 0.6 is 0 Å². The van der Waals surface area contributed by atoms with Crippen molar-refractivity contribution in [2.24, 2.45) is 11.7 Å². The summed E-state index contributed by atoms with van der Waals surface area (Å²) >= 11 is 0. The molecular weight excluding hydrogens is 192 g/mol. The van der Waals surface area contributed by atoms with Gasteiger partial charge < -0.3 is 15.1 Å². The Bertz CT molecular complexity index is 359. The lowest BCUT2D eigenvalue weighted by atomic mass is 10.2. The monoisotopic (exact) mass is 208 g/mol. The molecule has 1 unspecified atom stereocenters. The minimum absolute atomic E-state index is 0.0148. The van der Waals surface area contributed by atoms with Crippen LogP contribution in [0.3, 0.4) is 0 Å². The lowest BCUT2D eigenvalue weighted by Crippen LogP contribution is -2.28. The second-order valence-electron chi connectivity index (χ2n) is 4.12. The Hall–Kier alpha value is -1.29. The van der Waals surface area contributed by atoms with E-state index in [9.17, 15) is 4.79 Å². The van der Waals surface area contributed by atoms with Crippen LogP contribution in [0.2, 0.25) is 0 Å². The number of hydrogen-bond acceptors (Lipinski definition) is 3. The van der Waals surface area contributed by atoms with Crippen molar-refractivity contribution >= 4 is 5.91 Å². The molecule has 1 amide bonds. The smallest absolute Gasteiger partial charge is 0.289 e. The molecule has 0 bridgehead atoms. The van der Waals surface area contributed by atoms with E-state index in [1.165, 1.54) is 0 Å². The fraction of sp³-hybridized carbons (Fsp3) is 0.545. The van der Waals surface area contributed by atoms with Gasteiger partial charge in [-0.25, -0.2) is 0 Å². The molecule has 82 valence electrons. The zero-order valence-electron chi connectivity index (χ0n) is 8.90. The van der Waals surface area contributed by atoms with Gasteiger partial charge in [-0.1, -0.05) is 6.92 Å². The molecule has 2 N–H and O–H groups in total. The highest BCUT2D eigenvalue weighted by Gasteiger charge is 2.25. The number of furan rings is 1. The average molecular weight is 208 g/mol. The quantitative estimate of drug-likeness (QED) is 0.795. The third-order valence-corrected chi connectivity index (χ3v) is 2.78. The van der Waals surface area contributed by atoms with Crippen LogP contribution in [0.15, 0.2) is 16.5 Å². The predicted molar refractivity (Wildman–Crippen MR) is 56.3 cm³/mol. The summed E-state index contributed by atoms with van der Waals surface area (Å²) in [5.74, 6) is 1.65. The number of carbonyl (C=O) groups excluding carboxylic acids is 1. The normalized spacial score (nSPS) is 20.9. The van der Waals surface area contributed by atoms with Gasteiger partial charge in [-0.05, 0) is 24.5 Å². The Kier molecular flexibility index (Phi) is 2.77. The largest absolute Gasteiger partial charge is 0.455 e. The fourth-order valence-corrected chi connectivity index (χ4v) is 1.88. The summed E-state index contributed by atoms with van der Waals surface area (Å²) in [4.78, 5) is 13.8. The van der Waals surface area contributed by atoms with E-state index in [1.54, 1.807) is 12.1 Å². The maximum Gasteiger partial charge on any atom is 0.289 e. The second kappa shape index (κ2) is 4.06. The van der Waals surface area contributed by atoms with E-state index in [1.807, 2.05) is 4.90 Å². The van der Waals surface area contributed by atoms with Gasteiger partial charge in [0.25, 0.3) is 5.91 Å². The van der Waals surface area contributed by atoms with Crippen LogP contribution in [0.5, 0.6) is 0 Å². The molecule has 1 aromatic rings. The SMILES string of the molecule is CC1CCN(C(=O)c2ccc(CN)o2)C1. The standard InChI is InChI=1S/C11H16N2O2/c1-8-4-5-13(7-8)11(14)10-3-2-9(6-12)15-10/h2-3,8H,4-7,12H2,1H3. The van der Waals surface area contributed by atoms with Gasteiger partial charge in [-0.3, -0.25) is 4.79 Å². The summed E-state index contributed by atoms with van der Waals surface area (Å²) < 4.78 is 5.33. The Balaban J connectivity index is 2.07. The molecular formula is C11H16N2O2. The third-order valence-electron chi connectivity index (χ3n) is 2.78. The minimum atomic E-state index is -0.0148. The van der Waals surface area contributed by atoms with E-state index in [2.05, 4.69) is 6.92 Å². The topological polar surface area (TPSA) is 59.5 Å². The number of carbonyl (C=O) groups is 1. The Morgan fingerprint density at radius 2 is 2.47 bits per heavy atom. The van der Waals surface area contributed by atoms with Crippen LogP contribution in [-0.2, 0) is 6.54 Å². The average Bonchev–Trinajstić information content (AvgIpc) is 2.84. The van der Waals surface area contributed by atoms with E-state index >= 15 is 0 Å². The lowest BCUT2D eigenvalue weighted by Gasteiger charge is -2.13. The Morgan fingerprint density at radius 3 is 3.00 bits per heavy atom. The molecule has 15 heavy (non-hydrogen) atoms. The number of nitrogens with zero attached hydrogens (tertiary/aromatic N) is 1. The van der Waals surface area contributed by atoms with Crippen LogP contribution in [-0.4, -0.2) is 23.9 Å². The van der Waals surface area contributed by atoms with Gasteiger partial charge in [0, 0.05) is 13.1 Å². The van der Waals surface area contributed by atoms with Crippen LogP contribution in [0.4, 0.5) is 0 Å².